The molecule has 1 aromatic heterocycles. The van der Waals surface area contributed by atoms with Crippen LogP contribution in [0.25, 0.3) is 29.6 Å². The van der Waals surface area contributed by atoms with E-state index in [0.29, 0.717) is 11.3 Å². The zero-order valence-electron chi connectivity index (χ0n) is 13.6. The molecule has 0 bridgehead atoms. The van der Waals surface area contributed by atoms with Crippen molar-refractivity contribution < 1.29 is 4.79 Å². The first-order valence-electron chi connectivity index (χ1n) is 7.84. The van der Waals surface area contributed by atoms with Gasteiger partial charge in [0.25, 0.3) is 5.91 Å². The smallest absolute Gasteiger partial charge is 0.256 e. The Morgan fingerprint density at radius 1 is 0.917 bits per heavy atom. The van der Waals surface area contributed by atoms with E-state index in [-0.39, 0.29) is 5.91 Å². The average Bonchev–Trinajstić information content (AvgIpc) is 2.97. The summed E-state index contributed by atoms with van der Waals surface area (Å²) in [4.78, 5) is 12.0. The molecule has 3 aromatic rings. The van der Waals surface area contributed by atoms with Crippen LogP contribution < -0.4 is 26.9 Å². The Labute approximate surface area is 140 Å². The van der Waals surface area contributed by atoms with E-state index < -0.39 is 0 Å². The Bertz CT molecular complexity index is 1140. The van der Waals surface area contributed by atoms with Crippen LogP contribution in [0.15, 0.2) is 43.0 Å². The molecule has 3 nitrogen and oxygen atoms in total. The van der Waals surface area contributed by atoms with E-state index in [9.17, 15) is 4.79 Å². The maximum atomic E-state index is 12.0. The second-order valence-corrected chi connectivity index (χ2v) is 6.32. The molecule has 0 aliphatic carbocycles. The van der Waals surface area contributed by atoms with E-state index in [1.54, 1.807) is 0 Å². The fraction of sp³-hybridized carbons (Fsp3) is 0.0500. The number of amides is 1. The van der Waals surface area contributed by atoms with Crippen LogP contribution in [-0.2, 0) is 7.05 Å². The van der Waals surface area contributed by atoms with Gasteiger partial charge in [0.15, 0.2) is 7.28 Å². The van der Waals surface area contributed by atoms with Gasteiger partial charge in [-0.3, -0.25) is 4.79 Å². The predicted octanol–water partition coefficient (Wildman–Crippen LogP) is 0.100. The van der Waals surface area contributed by atoms with Gasteiger partial charge in [-0.15, -0.1) is 0 Å². The predicted molar refractivity (Wildman–Crippen MR) is 103 cm³/mol. The zero-order valence-corrected chi connectivity index (χ0v) is 13.6. The first-order valence-corrected chi connectivity index (χ1v) is 7.84. The van der Waals surface area contributed by atoms with Crippen molar-refractivity contribution in [3.8, 4) is 0 Å². The van der Waals surface area contributed by atoms with Crippen LogP contribution in [0.2, 0.25) is 0 Å². The van der Waals surface area contributed by atoms with Crippen LogP contribution in [-0.4, -0.2) is 17.8 Å². The second kappa shape index (κ2) is 5.00. The highest BCUT2D eigenvalue weighted by atomic mass is 16.1. The molecule has 2 heterocycles. The molecule has 1 amide bonds. The molecular formula is C20H17BN2O. The molecule has 24 heavy (non-hydrogen) atoms. The van der Waals surface area contributed by atoms with Gasteiger partial charge < -0.3 is 9.88 Å². The van der Waals surface area contributed by atoms with Gasteiger partial charge in [0.2, 0.25) is 0 Å². The number of nitrogens with one attached hydrogen (secondary N) is 1. The number of carbonyl (C=O) groups is 1. The third-order valence-electron chi connectivity index (χ3n) is 4.84. The fourth-order valence-corrected chi connectivity index (χ4v) is 3.38. The van der Waals surface area contributed by atoms with Crippen LogP contribution in [0.5, 0.6) is 0 Å². The lowest BCUT2D eigenvalue weighted by Crippen LogP contribution is -2.28. The van der Waals surface area contributed by atoms with Crippen LogP contribution >= 0.6 is 0 Å². The average molecular weight is 312 g/mol. The highest BCUT2D eigenvalue weighted by Gasteiger charge is 2.22. The van der Waals surface area contributed by atoms with Gasteiger partial charge in [-0.25, -0.2) is 0 Å². The lowest BCUT2D eigenvalue weighted by atomic mass is 9.63. The molecule has 0 saturated heterocycles. The van der Waals surface area contributed by atoms with Crippen LogP contribution in [0.3, 0.4) is 0 Å². The molecule has 116 valence electrons. The zero-order chi connectivity index (χ0) is 17.0. The van der Waals surface area contributed by atoms with Crippen molar-refractivity contribution in [2.75, 3.05) is 0 Å². The fourth-order valence-electron chi connectivity index (χ4n) is 3.38. The number of rotatable bonds is 2. The molecule has 0 saturated carbocycles. The summed E-state index contributed by atoms with van der Waals surface area (Å²) in [6, 6.07) is 12.4. The molecule has 1 N–H and O–H groups in total. The van der Waals surface area contributed by atoms with E-state index in [4.69, 9.17) is 0 Å². The number of aromatic nitrogens is 1. The first kappa shape index (κ1) is 14.6. The maximum Gasteiger partial charge on any atom is 0.256 e. The topological polar surface area (TPSA) is 34.0 Å². The molecule has 0 atom stereocenters. The Kier molecular flexibility index (Phi) is 3.04. The highest BCUT2D eigenvalue weighted by Crippen LogP contribution is 2.21. The van der Waals surface area contributed by atoms with Crippen molar-refractivity contribution >= 4 is 53.7 Å². The third kappa shape index (κ3) is 2.03. The summed E-state index contributed by atoms with van der Waals surface area (Å²) in [5.74, 6) is -0.0721. The minimum atomic E-state index is -0.0721. The van der Waals surface area contributed by atoms with E-state index >= 15 is 0 Å². The summed E-state index contributed by atoms with van der Waals surface area (Å²) < 4.78 is 2.01. The molecule has 1 aliphatic heterocycles. The molecule has 0 spiro atoms. The molecular weight excluding hydrogens is 295 g/mol. The van der Waals surface area contributed by atoms with Gasteiger partial charge in [0.05, 0.1) is 0 Å². The normalized spacial score (nSPS) is 13.2. The van der Waals surface area contributed by atoms with E-state index in [1.807, 2.05) is 23.7 Å². The quantitative estimate of drug-likeness (QED) is 0.669. The maximum absolute atomic E-state index is 12.0. The summed E-state index contributed by atoms with van der Waals surface area (Å²) in [6.45, 7) is 12.1. The van der Waals surface area contributed by atoms with Crippen molar-refractivity contribution in [2.24, 2.45) is 7.05 Å². The number of carbonyl (C=O) groups excluding carboxylic acids is 1. The van der Waals surface area contributed by atoms with E-state index in [1.165, 1.54) is 5.46 Å². The summed E-state index contributed by atoms with van der Waals surface area (Å²) in [5.41, 5.74) is 4.57. The van der Waals surface area contributed by atoms with Crippen LogP contribution in [0, 0.1) is 0 Å². The lowest BCUT2D eigenvalue weighted by molar-refractivity contribution is 0.0981. The number of nitrogens with zero attached hydrogens (tertiary/aromatic N) is 1. The van der Waals surface area contributed by atoms with Crippen molar-refractivity contribution in [2.45, 2.75) is 0 Å². The van der Waals surface area contributed by atoms with Crippen molar-refractivity contribution in [1.82, 2.24) is 9.88 Å². The van der Waals surface area contributed by atoms with Crippen molar-refractivity contribution in [3.05, 3.63) is 64.8 Å². The van der Waals surface area contributed by atoms with Gasteiger partial charge in [-0.2, -0.15) is 0 Å². The van der Waals surface area contributed by atoms with Gasteiger partial charge in [0.1, 0.15) is 0 Å². The monoisotopic (exact) mass is 312 g/mol. The van der Waals surface area contributed by atoms with Gasteiger partial charge in [-0.1, -0.05) is 67.1 Å². The SMILES string of the molecule is C=C1NC(=O)c2cc(Bc3ccc4c(=C)n(C)c(=C)c4c3)ccc21. The Balaban J connectivity index is 1.75. The largest absolute Gasteiger partial charge is 0.345 e. The van der Waals surface area contributed by atoms with Crippen LogP contribution in [0.1, 0.15) is 15.9 Å². The number of hydrogen-bond acceptors (Lipinski definition) is 1. The van der Waals surface area contributed by atoms with Crippen molar-refractivity contribution in [1.29, 1.82) is 0 Å². The molecule has 4 heteroatoms. The van der Waals surface area contributed by atoms with Crippen molar-refractivity contribution in [3.63, 3.8) is 0 Å². The standard InChI is InChI=1S/C20H17BN2O/c1-11-16-7-5-15(10-19(16)20(24)22-11)21-14-6-8-17-12(2)23(4)13(3)18(17)9-14/h5-10,21H,1-3H2,4H3,(H,22,24). The third-order valence-corrected chi connectivity index (χ3v) is 4.84. The molecule has 0 radical (unpaired) electrons. The van der Waals surface area contributed by atoms with E-state index in [2.05, 4.69) is 49.3 Å². The Morgan fingerprint density at radius 3 is 2.38 bits per heavy atom. The summed E-state index contributed by atoms with van der Waals surface area (Å²) in [5, 5.41) is 6.98. The summed E-state index contributed by atoms with van der Waals surface area (Å²) >= 11 is 0. The molecule has 0 fully saturated rings. The minimum absolute atomic E-state index is 0.0721. The van der Waals surface area contributed by atoms with Gasteiger partial charge >= 0.3 is 0 Å². The summed E-state index contributed by atoms with van der Waals surface area (Å²) in [6.07, 6.45) is 0. The van der Waals surface area contributed by atoms with Gasteiger partial charge in [-0.05, 0) is 0 Å². The summed E-state index contributed by atoms with van der Waals surface area (Å²) in [7, 11) is 2.75. The molecule has 4 rings (SSSR count). The number of benzene rings is 2. The first-order chi connectivity index (χ1) is 11.5. The highest BCUT2D eigenvalue weighted by molar-refractivity contribution is 6.67. The molecule has 1 aliphatic rings. The van der Waals surface area contributed by atoms with Gasteiger partial charge in [0, 0.05) is 45.3 Å². The Morgan fingerprint density at radius 2 is 1.58 bits per heavy atom. The lowest BCUT2D eigenvalue weighted by Gasteiger charge is -2.03. The Hall–Kier alpha value is -3.01. The minimum Gasteiger partial charge on any atom is -0.345 e. The van der Waals surface area contributed by atoms with Crippen LogP contribution in [0.4, 0.5) is 0 Å². The molecule has 2 aromatic carbocycles. The van der Waals surface area contributed by atoms with E-state index in [0.717, 1.165) is 39.8 Å². The number of fused-ring (bicyclic) bond motifs is 2. The molecule has 0 unspecified atom stereocenters. The number of hydrogen-bond donors (Lipinski definition) is 1. The second-order valence-electron chi connectivity index (χ2n) is 6.32.